The Morgan fingerprint density at radius 1 is 1.24 bits per heavy atom. The molecule has 0 unspecified atom stereocenters. The van der Waals surface area contributed by atoms with Gasteiger partial charge in [-0.05, 0) is 41.8 Å². The summed E-state index contributed by atoms with van der Waals surface area (Å²) in [5.74, 6) is 0.619. The molecule has 1 N–H and O–H groups in total. The number of ether oxygens (including phenoxy) is 1. The average Bonchev–Trinajstić information content (AvgIpc) is 2.99. The normalized spacial score (nSPS) is 12.7. The first-order chi connectivity index (χ1) is 12.0. The molecule has 2 amide bonds. The summed E-state index contributed by atoms with van der Waals surface area (Å²) in [5.41, 5.74) is 3.45. The molecule has 5 nitrogen and oxygen atoms in total. The topological polar surface area (TPSA) is 58.6 Å². The largest absolute Gasteiger partial charge is 0.497 e. The maximum atomic E-state index is 12.8. The van der Waals surface area contributed by atoms with Crippen LogP contribution >= 0.6 is 15.9 Å². The Labute approximate surface area is 155 Å². The summed E-state index contributed by atoms with van der Waals surface area (Å²) in [6, 6.07) is 11.3. The van der Waals surface area contributed by atoms with Gasteiger partial charge in [-0.15, -0.1) is 0 Å². The number of hydrogen-bond acceptors (Lipinski definition) is 3. The molecule has 3 rings (SSSR count). The number of methoxy groups -OCH3 is 1. The number of benzene rings is 2. The third-order valence-electron chi connectivity index (χ3n) is 4.15. The summed E-state index contributed by atoms with van der Waals surface area (Å²) in [6.07, 6.45) is 1.08. The molecule has 0 aliphatic carbocycles. The second-order valence-electron chi connectivity index (χ2n) is 5.96. The van der Waals surface area contributed by atoms with Crippen molar-refractivity contribution in [2.24, 2.45) is 0 Å². The van der Waals surface area contributed by atoms with E-state index in [2.05, 4.69) is 21.2 Å². The minimum absolute atomic E-state index is 0.0119. The van der Waals surface area contributed by atoms with Gasteiger partial charge in [-0.2, -0.15) is 0 Å². The highest BCUT2D eigenvalue weighted by Gasteiger charge is 2.28. The first kappa shape index (κ1) is 17.5. The number of fused-ring (bicyclic) bond motifs is 1. The standard InChI is InChI=1S/C19H19BrN2O3/c1-12(23)21-17-11-15(20)10-14-7-8-22(19(14)17)18(24)9-13-3-5-16(25-2)6-4-13/h3-6,10-11H,7-9H2,1-2H3,(H,21,23). The number of nitrogens with one attached hydrogen (secondary N) is 1. The van der Waals surface area contributed by atoms with Crippen LogP contribution in [0.15, 0.2) is 40.9 Å². The minimum atomic E-state index is -0.158. The molecule has 0 spiro atoms. The minimum Gasteiger partial charge on any atom is -0.497 e. The van der Waals surface area contributed by atoms with Gasteiger partial charge in [0.1, 0.15) is 5.75 Å². The van der Waals surface area contributed by atoms with E-state index < -0.39 is 0 Å². The number of anilines is 2. The summed E-state index contributed by atoms with van der Waals surface area (Å²) in [5, 5.41) is 2.83. The van der Waals surface area contributed by atoms with Crippen LogP contribution < -0.4 is 15.0 Å². The summed E-state index contributed by atoms with van der Waals surface area (Å²) in [4.78, 5) is 26.1. The Bertz CT molecular complexity index is 818. The average molecular weight is 403 g/mol. The number of halogens is 1. The molecule has 2 aromatic rings. The predicted octanol–water partition coefficient (Wildman–Crippen LogP) is 3.55. The first-order valence-corrected chi connectivity index (χ1v) is 8.80. The number of carbonyl (C=O) groups excluding carboxylic acids is 2. The van der Waals surface area contributed by atoms with Crippen LogP contribution in [-0.4, -0.2) is 25.5 Å². The van der Waals surface area contributed by atoms with Crippen LogP contribution in [0.1, 0.15) is 18.1 Å². The maximum absolute atomic E-state index is 12.8. The quantitative estimate of drug-likeness (QED) is 0.850. The van der Waals surface area contributed by atoms with Crippen molar-refractivity contribution in [1.82, 2.24) is 0 Å². The van der Waals surface area contributed by atoms with E-state index in [4.69, 9.17) is 4.74 Å². The summed E-state index contributed by atoms with van der Waals surface area (Å²) in [6.45, 7) is 2.08. The van der Waals surface area contributed by atoms with Gasteiger partial charge in [0.05, 0.1) is 24.9 Å². The second kappa shape index (κ2) is 7.27. The monoisotopic (exact) mass is 402 g/mol. The maximum Gasteiger partial charge on any atom is 0.231 e. The highest BCUT2D eigenvalue weighted by molar-refractivity contribution is 9.10. The van der Waals surface area contributed by atoms with Crippen molar-refractivity contribution >= 4 is 39.1 Å². The Morgan fingerprint density at radius 2 is 1.96 bits per heavy atom. The third-order valence-corrected chi connectivity index (χ3v) is 4.61. The van der Waals surface area contributed by atoms with Gasteiger partial charge in [-0.3, -0.25) is 9.59 Å². The van der Waals surface area contributed by atoms with Crippen LogP contribution in [0.4, 0.5) is 11.4 Å². The Hall–Kier alpha value is -2.34. The van der Waals surface area contributed by atoms with Crippen molar-refractivity contribution in [3.05, 3.63) is 52.0 Å². The van der Waals surface area contributed by atoms with E-state index in [0.29, 0.717) is 18.7 Å². The van der Waals surface area contributed by atoms with E-state index in [-0.39, 0.29) is 11.8 Å². The fraction of sp³-hybridized carbons (Fsp3) is 0.263. The van der Waals surface area contributed by atoms with Crippen LogP contribution in [0.3, 0.4) is 0 Å². The zero-order valence-corrected chi connectivity index (χ0v) is 15.7. The lowest BCUT2D eigenvalue weighted by Crippen LogP contribution is -2.31. The van der Waals surface area contributed by atoms with Crippen LogP contribution in [-0.2, 0) is 22.4 Å². The number of carbonyl (C=O) groups is 2. The molecule has 0 bridgehead atoms. The molecular formula is C19H19BrN2O3. The van der Waals surface area contributed by atoms with E-state index >= 15 is 0 Å². The fourth-order valence-corrected chi connectivity index (χ4v) is 3.56. The highest BCUT2D eigenvalue weighted by Crippen LogP contribution is 2.38. The molecule has 0 atom stereocenters. The molecule has 0 radical (unpaired) electrons. The van der Waals surface area contributed by atoms with Crippen molar-refractivity contribution in [1.29, 1.82) is 0 Å². The third kappa shape index (κ3) is 3.85. The molecule has 2 aromatic carbocycles. The van der Waals surface area contributed by atoms with Crippen molar-refractivity contribution in [3.63, 3.8) is 0 Å². The van der Waals surface area contributed by atoms with Crippen LogP contribution in [0.5, 0.6) is 5.75 Å². The molecule has 0 aromatic heterocycles. The zero-order chi connectivity index (χ0) is 18.0. The summed E-state index contributed by atoms with van der Waals surface area (Å²) < 4.78 is 6.03. The van der Waals surface area contributed by atoms with Gasteiger partial charge in [-0.1, -0.05) is 28.1 Å². The van der Waals surface area contributed by atoms with Gasteiger partial charge in [-0.25, -0.2) is 0 Å². The Balaban J connectivity index is 1.85. The van der Waals surface area contributed by atoms with E-state index in [9.17, 15) is 9.59 Å². The number of amides is 2. The molecule has 1 heterocycles. The second-order valence-corrected chi connectivity index (χ2v) is 6.88. The molecular weight excluding hydrogens is 384 g/mol. The van der Waals surface area contributed by atoms with Gasteiger partial charge in [0.15, 0.2) is 0 Å². The Kier molecular flexibility index (Phi) is 5.08. The molecule has 25 heavy (non-hydrogen) atoms. The number of nitrogens with zero attached hydrogens (tertiary/aromatic N) is 1. The zero-order valence-electron chi connectivity index (χ0n) is 14.1. The van der Waals surface area contributed by atoms with Crippen molar-refractivity contribution < 1.29 is 14.3 Å². The lowest BCUT2D eigenvalue weighted by molar-refractivity contribution is -0.118. The van der Waals surface area contributed by atoms with E-state index in [0.717, 1.165) is 33.5 Å². The van der Waals surface area contributed by atoms with E-state index in [1.54, 1.807) is 12.0 Å². The lowest BCUT2D eigenvalue weighted by Gasteiger charge is -2.21. The molecule has 130 valence electrons. The van der Waals surface area contributed by atoms with Crippen molar-refractivity contribution in [2.75, 3.05) is 23.9 Å². The van der Waals surface area contributed by atoms with Gasteiger partial charge in [0.2, 0.25) is 11.8 Å². The molecule has 6 heteroatoms. The van der Waals surface area contributed by atoms with E-state index in [1.165, 1.54) is 6.92 Å². The van der Waals surface area contributed by atoms with Crippen LogP contribution in [0.25, 0.3) is 0 Å². The Morgan fingerprint density at radius 3 is 2.60 bits per heavy atom. The smallest absolute Gasteiger partial charge is 0.231 e. The van der Waals surface area contributed by atoms with Gasteiger partial charge in [0, 0.05) is 17.9 Å². The predicted molar refractivity (Wildman–Crippen MR) is 101 cm³/mol. The summed E-state index contributed by atoms with van der Waals surface area (Å²) >= 11 is 3.46. The van der Waals surface area contributed by atoms with Crippen LogP contribution in [0.2, 0.25) is 0 Å². The van der Waals surface area contributed by atoms with Crippen LogP contribution in [0, 0.1) is 0 Å². The van der Waals surface area contributed by atoms with Gasteiger partial charge in [0.25, 0.3) is 0 Å². The van der Waals surface area contributed by atoms with Crippen molar-refractivity contribution in [3.8, 4) is 5.75 Å². The molecule has 0 saturated carbocycles. The van der Waals surface area contributed by atoms with Gasteiger partial charge < -0.3 is 15.0 Å². The molecule has 1 aliphatic rings. The molecule has 0 saturated heterocycles. The number of rotatable bonds is 4. The highest BCUT2D eigenvalue weighted by atomic mass is 79.9. The molecule has 1 aliphatic heterocycles. The lowest BCUT2D eigenvalue weighted by atomic mass is 10.1. The first-order valence-electron chi connectivity index (χ1n) is 8.01. The van der Waals surface area contributed by atoms with E-state index in [1.807, 2.05) is 36.4 Å². The van der Waals surface area contributed by atoms with Crippen molar-refractivity contribution in [2.45, 2.75) is 19.8 Å². The SMILES string of the molecule is COc1ccc(CC(=O)N2CCc3cc(Br)cc(NC(C)=O)c32)cc1. The number of hydrogen-bond donors (Lipinski definition) is 1. The summed E-state index contributed by atoms with van der Waals surface area (Å²) in [7, 11) is 1.61. The fourth-order valence-electron chi connectivity index (χ4n) is 3.06. The molecule has 0 fully saturated rings. The van der Waals surface area contributed by atoms with Gasteiger partial charge >= 0.3 is 0 Å².